The zero-order valence-electron chi connectivity index (χ0n) is 18.3. The Hall–Kier alpha value is -3.13. The van der Waals surface area contributed by atoms with Crippen LogP contribution in [0.25, 0.3) is 5.65 Å². The maximum Gasteiger partial charge on any atom is 0.219 e. The molecule has 0 radical (unpaired) electrons. The van der Waals surface area contributed by atoms with Crippen LogP contribution in [0.5, 0.6) is 11.5 Å². The second kappa shape index (κ2) is 9.34. The molecule has 3 heterocycles. The number of ether oxygens (including phenoxy) is 2. The first-order valence-electron chi connectivity index (χ1n) is 10.5. The van der Waals surface area contributed by atoms with Gasteiger partial charge in [0.25, 0.3) is 0 Å². The van der Waals surface area contributed by atoms with E-state index in [9.17, 15) is 4.79 Å². The largest absolute Gasteiger partial charge is 0.493 e. The van der Waals surface area contributed by atoms with E-state index in [2.05, 4.69) is 20.9 Å². The topological polar surface area (TPSA) is 72.2 Å². The van der Waals surface area contributed by atoms with E-state index in [0.29, 0.717) is 5.92 Å². The van der Waals surface area contributed by atoms with Gasteiger partial charge in [0, 0.05) is 58.2 Å². The summed E-state index contributed by atoms with van der Waals surface area (Å²) in [5.74, 6) is 1.87. The van der Waals surface area contributed by atoms with E-state index in [1.165, 1.54) is 0 Å². The van der Waals surface area contributed by atoms with Crippen molar-refractivity contribution in [3.63, 3.8) is 0 Å². The average Bonchev–Trinajstić information content (AvgIpc) is 3.14. The Kier molecular flexibility index (Phi) is 6.36. The van der Waals surface area contributed by atoms with Crippen molar-refractivity contribution in [3.8, 4) is 11.5 Å². The maximum absolute atomic E-state index is 12.2. The number of amides is 1. The van der Waals surface area contributed by atoms with Crippen LogP contribution in [0.1, 0.15) is 18.2 Å². The van der Waals surface area contributed by atoms with Gasteiger partial charge in [-0.05, 0) is 30.0 Å². The summed E-state index contributed by atoms with van der Waals surface area (Å²) in [7, 11) is 3.29. The zero-order valence-corrected chi connectivity index (χ0v) is 18.3. The number of hydrogen-bond acceptors (Lipinski definition) is 6. The summed E-state index contributed by atoms with van der Waals surface area (Å²) in [6, 6.07) is 6.03. The Balaban J connectivity index is 1.51. The Labute approximate surface area is 182 Å². The minimum absolute atomic E-state index is 0.121. The summed E-state index contributed by atoms with van der Waals surface area (Å²) in [4.78, 5) is 25.4. The Morgan fingerprint density at radius 2 is 1.97 bits per heavy atom. The van der Waals surface area contributed by atoms with Gasteiger partial charge in [-0.15, -0.1) is 0 Å². The number of benzene rings is 1. The van der Waals surface area contributed by atoms with Crippen LogP contribution in [-0.4, -0.2) is 70.5 Å². The molecule has 164 valence electrons. The molecule has 0 N–H and O–H groups in total. The highest BCUT2D eigenvalue weighted by molar-refractivity contribution is 5.73. The number of carbonyl (C=O) groups excluding carboxylic acids is 1. The first-order valence-corrected chi connectivity index (χ1v) is 10.5. The molecular formula is C23H29N5O3. The normalized spacial score (nSPS) is 17.5. The highest BCUT2D eigenvalue weighted by atomic mass is 16.5. The second-order valence-corrected chi connectivity index (χ2v) is 8.03. The van der Waals surface area contributed by atoms with Gasteiger partial charge >= 0.3 is 0 Å². The Morgan fingerprint density at radius 1 is 1.13 bits per heavy atom. The van der Waals surface area contributed by atoms with Gasteiger partial charge in [0.05, 0.1) is 26.1 Å². The van der Waals surface area contributed by atoms with Gasteiger partial charge in [0.2, 0.25) is 5.91 Å². The number of carbonyl (C=O) groups is 1. The number of fused-ring (bicyclic) bond motifs is 1. The molecule has 31 heavy (non-hydrogen) atoms. The molecule has 1 aliphatic heterocycles. The molecule has 3 aromatic rings. The van der Waals surface area contributed by atoms with Crippen molar-refractivity contribution in [1.82, 2.24) is 24.2 Å². The van der Waals surface area contributed by atoms with E-state index in [4.69, 9.17) is 9.47 Å². The van der Waals surface area contributed by atoms with Crippen LogP contribution in [0.4, 0.5) is 0 Å². The summed E-state index contributed by atoms with van der Waals surface area (Å²) >= 11 is 0. The molecule has 1 atom stereocenters. The monoisotopic (exact) mass is 423 g/mol. The Morgan fingerprint density at radius 3 is 2.74 bits per heavy atom. The predicted octanol–water partition coefficient (Wildman–Crippen LogP) is 2.27. The zero-order chi connectivity index (χ0) is 21.8. The van der Waals surface area contributed by atoms with E-state index in [0.717, 1.165) is 67.5 Å². The quantitative estimate of drug-likeness (QED) is 0.606. The number of rotatable bonds is 6. The third-order valence-corrected chi connectivity index (χ3v) is 5.81. The van der Waals surface area contributed by atoms with Gasteiger partial charge in [-0.2, -0.15) is 0 Å². The van der Waals surface area contributed by atoms with Gasteiger partial charge in [-0.25, -0.2) is 4.98 Å². The van der Waals surface area contributed by atoms with Crippen molar-refractivity contribution >= 4 is 11.6 Å². The van der Waals surface area contributed by atoms with Crippen LogP contribution in [0.3, 0.4) is 0 Å². The molecule has 2 aromatic heterocycles. The van der Waals surface area contributed by atoms with Crippen LogP contribution in [0, 0.1) is 5.92 Å². The lowest BCUT2D eigenvalue weighted by Crippen LogP contribution is -2.34. The molecule has 8 heteroatoms. The first kappa shape index (κ1) is 21.1. The number of aromatic nitrogens is 3. The summed E-state index contributed by atoms with van der Waals surface area (Å²) < 4.78 is 12.8. The number of imidazole rings is 1. The number of hydrogen-bond donors (Lipinski definition) is 0. The van der Waals surface area contributed by atoms with Gasteiger partial charge in [0.1, 0.15) is 0 Å². The van der Waals surface area contributed by atoms with Crippen molar-refractivity contribution in [2.75, 3.05) is 40.4 Å². The molecule has 0 bridgehead atoms. The molecule has 0 spiro atoms. The minimum Gasteiger partial charge on any atom is -0.493 e. The van der Waals surface area contributed by atoms with E-state index in [1.54, 1.807) is 33.5 Å². The number of methoxy groups -OCH3 is 2. The molecule has 1 unspecified atom stereocenters. The third-order valence-electron chi connectivity index (χ3n) is 5.81. The second-order valence-electron chi connectivity index (χ2n) is 8.03. The van der Waals surface area contributed by atoms with Crippen molar-refractivity contribution in [2.24, 2.45) is 5.92 Å². The molecule has 1 amide bonds. The van der Waals surface area contributed by atoms with Gasteiger partial charge < -0.3 is 18.8 Å². The van der Waals surface area contributed by atoms with Crippen LogP contribution in [0.2, 0.25) is 0 Å². The van der Waals surface area contributed by atoms with Crippen molar-refractivity contribution in [2.45, 2.75) is 19.9 Å². The fourth-order valence-corrected chi connectivity index (χ4v) is 4.24. The highest BCUT2D eigenvalue weighted by Crippen LogP contribution is 2.28. The molecule has 1 aromatic carbocycles. The summed E-state index contributed by atoms with van der Waals surface area (Å²) in [5, 5.41) is 0. The molecular weight excluding hydrogens is 394 g/mol. The van der Waals surface area contributed by atoms with Crippen molar-refractivity contribution in [1.29, 1.82) is 0 Å². The molecule has 0 aliphatic carbocycles. The lowest BCUT2D eigenvalue weighted by Gasteiger charge is -2.24. The van der Waals surface area contributed by atoms with Crippen LogP contribution in [0.15, 0.2) is 43.0 Å². The lowest BCUT2D eigenvalue weighted by molar-refractivity contribution is -0.129. The van der Waals surface area contributed by atoms with Crippen LogP contribution in [-0.2, 0) is 17.8 Å². The average molecular weight is 424 g/mol. The minimum atomic E-state index is 0.121. The lowest BCUT2D eigenvalue weighted by atomic mass is 10.0. The van der Waals surface area contributed by atoms with E-state index >= 15 is 0 Å². The van der Waals surface area contributed by atoms with Gasteiger partial charge in [-0.3, -0.25) is 14.7 Å². The van der Waals surface area contributed by atoms with Gasteiger partial charge in [-0.1, -0.05) is 6.07 Å². The molecule has 1 aliphatic rings. The smallest absolute Gasteiger partial charge is 0.219 e. The third kappa shape index (κ3) is 4.96. The molecule has 1 fully saturated rings. The van der Waals surface area contributed by atoms with Crippen molar-refractivity contribution < 1.29 is 14.3 Å². The summed E-state index contributed by atoms with van der Waals surface area (Å²) in [5.41, 5.74) is 3.00. The molecule has 4 rings (SSSR count). The van der Waals surface area contributed by atoms with Gasteiger partial charge in [0.15, 0.2) is 17.1 Å². The predicted molar refractivity (Wildman–Crippen MR) is 117 cm³/mol. The molecule has 8 nitrogen and oxygen atoms in total. The fraction of sp³-hybridized carbons (Fsp3) is 0.435. The van der Waals surface area contributed by atoms with Crippen molar-refractivity contribution in [3.05, 3.63) is 54.2 Å². The SMILES string of the molecule is COc1ccc(CN2CCN(C(C)=O)CC(Cc3cn4ccnc4cn3)C2)cc1OC. The van der Waals surface area contributed by atoms with E-state index < -0.39 is 0 Å². The van der Waals surface area contributed by atoms with Crippen LogP contribution < -0.4 is 9.47 Å². The summed E-state index contributed by atoms with van der Waals surface area (Å²) in [6.45, 7) is 5.63. The fourth-order valence-electron chi connectivity index (χ4n) is 4.24. The molecule has 0 saturated carbocycles. The summed E-state index contributed by atoms with van der Waals surface area (Å²) in [6.07, 6.45) is 8.34. The number of nitrogens with zero attached hydrogens (tertiary/aromatic N) is 5. The standard InChI is InChI=1S/C23H29N5O3/c1-17(29)27-9-8-26(13-18-4-5-21(30-2)22(11-18)31-3)14-19(15-27)10-20-16-28-7-6-24-23(28)12-25-20/h4-7,11-12,16,19H,8-10,13-15H2,1-3H3. The Bertz CT molecular complexity index is 1050. The first-order chi connectivity index (χ1) is 15.1. The van der Waals surface area contributed by atoms with E-state index in [-0.39, 0.29) is 5.91 Å². The molecule has 1 saturated heterocycles. The van der Waals surface area contributed by atoms with Crippen LogP contribution >= 0.6 is 0 Å². The maximum atomic E-state index is 12.2. The highest BCUT2D eigenvalue weighted by Gasteiger charge is 2.25. The van der Waals surface area contributed by atoms with E-state index in [1.807, 2.05) is 33.8 Å².